The minimum absolute atomic E-state index is 0.453. The van der Waals surface area contributed by atoms with Crippen LogP contribution in [0.5, 0.6) is 0 Å². The van der Waals surface area contributed by atoms with Crippen LogP contribution in [0.2, 0.25) is 0 Å². The molecule has 0 saturated heterocycles. The molecule has 6 nitrogen and oxygen atoms in total. The predicted molar refractivity (Wildman–Crippen MR) is 108 cm³/mol. The molecule has 3 aromatic carbocycles. The highest BCUT2D eigenvalue weighted by atomic mass is 35.5. The van der Waals surface area contributed by atoms with Crippen molar-refractivity contribution >= 4 is 46.9 Å². The summed E-state index contributed by atoms with van der Waals surface area (Å²) in [6.07, 6.45) is 4.50. The van der Waals surface area contributed by atoms with E-state index in [0.717, 1.165) is 16.7 Å². The largest absolute Gasteiger partial charge is 0.240 e. The minimum atomic E-state index is -1.10. The summed E-state index contributed by atoms with van der Waals surface area (Å²) >= 11 is 7.18. The molecule has 0 heterocycles. The van der Waals surface area contributed by atoms with Gasteiger partial charge in [-0.15, -0.1) is 11.6 Å². The monoisotopic (exact) mass is 401 g/mol. The van der Waals surface area contributed by atoms with Gasteiger partial charge in [0.05, 0.1) is 17.1 Å². The summed E-state index contributed by atoms with van der Waals surface area (Å²) in [4.78, 5) is 41.1. The van der Waals surface area contributed by atoms with E-state index in [2.05, 4.69) is 15.0 Å². The van der Waals surface area contributed by atoms with Crippen LogP contribution in [-0.2, 0) is 19.3 Å². The van der Waals surface area contributed by atoms with Crippen molar-refractivity contribution in [2.45, 2.75) is 4.87 Å². The van der Waals surface area contributed by atoms with Crippen molar-refractivity contribution in [3.05, 3.63) is 89.5 Å². The molecule has 0 spiro atoms. The SMILES string of the molecule is O=C=Nc1ccc(C(Cl)(c2ccc(N=C=O)cc2)c2ccc(N=C=O)cc2)cc1. The van der Waals surface area contributed by atoms with Gasteiger partial charge in [0, 0.05) is 0 Å². The fourth-order valence-electron chi connectivity index (χ4n) is 2.95. The van der Waals surface area contributed by atoms with Crippen LogP contribution in [0, 0.1) is 0 Å². The first-order valence-corrected chi connectivity index (χ1v) is 8.74. The van der Waals surface area contributed by atoms with E-state index in [1.165, 1.54) is 18.2 Å². The highest BCUT2D eigenvalue weighted by Gasteiger charge is 2.34. The molecule has 3 rings (SSSR count). The lowest BCUT2D eigenvalue weighted by Crippen LogP contribution is -2.22. The van der Waals surface area contributed by atoms with Gasteiger partial charge < -0.3 is 0 Å². The highest BCUT2D eigenvalue weighted by Crippen LogP contribution is 2.44. The number of hydrogen-bond acceptors (Lipinski definition) is 6. The maximum atomic E-state index is 10.5. The molecule has 0 aliphatic rings. The van der Waals surface area contributed by atoms with E-state index >= 15 is 0 Å². The summed E-state index contributed by atoms with van der Waals surface area (Å²) in [5.41, 5.74) is 3.53. The van der Waals surface area contributed by atoms with Gasteiger partial charge in [-0.1, -0.05) is 36.4 Å². The van der Waals surface area contributed by atoms with Gasteiger partial charge >= 0.3 is 0 Å². The fourth-order valence-corrected chi connectivity index (χ4v) is 3.33. The second kappa shape index (κ2) is 8.85. The van der Waals surface area contributed by atoms with Crippen LogP contribution in [0.4, 0.5) is 17.1 Å². The van der Waals surface area contributed by atoms with Gasteiger partial charge in [0.25, 0.3) is 0 Å². The number of hydrogen-bond donors (Lipinski definition) is 0. The van der Waals surface area contributed by atoms with Crippen LogP contribution in [-0.4, -0.2) is 18.2 Å². The van der Waals surface area contributed by atoms with Crippen molar-refractivity contribution in [1.82, 2.24) is 0 Å². The Morgan fingerprint density at radius 3 is 0.966 bits per heavy atom. The lowest BCUT2D eigenvalue weighted by molar-refractivity contribution is 0.564. The average Bonchev–Trinajstić information content (AvgIpc) is 2.75. The van der Waals surface area contributed by atoms with Gasteiger partial charge in [-0.25, -0.2) is 14.4 Å². The van der Waals surface area contributed by atoms with E-state index in [1.807, 2.05) is 0 Å². The molecule has 0 aromatic heterocycles. The Morgan fingerprint density at radius 2 is 0.759 bits per heavy atom. The average molecular weight is 402 g/mol. The Bertz CT molecular complexity index is 1000. The second-order valence-electron chi connectivity index (χ2n) is 5.91. The Labute approximate surface area is 170 Å². The third kappa shape index (κ3) is 4.17. The molecule has 0 saturated carbocycles. The lowest BCUT2D eigenvalue weighted by Gasteiger charge is -2.29. The predicted octanol–water partition coefficient (Wildman–Crippen LogP) is 5.12. The first-order valence-electron chi connectivity index (χ1n) is 8.36. The van der Waals surface area contributed by atoms with E-state index < -0.39 is 4.87 Å². The molecule has 0 aliphatic heterocycles. The quantitative estimate of drug-likeness (QED) is 0.248. The maximum absolute atomic E-state index is 10.5. The number of nitrogens with zero attached hydrogens (tertiary/aromatic N) is 3. The van der Waals surface area contributed by atoms with Gasteiger partial charge in [0.1, 0.15) is 4.87 Å². The molecule has 0 atom stereocenters. The topological polar surface area (TPSA) is 88.3 Å². The van der Waals surface area contributed by atoms with Crippen LogP contribution < -0.4 is 0 Å². The zero-order valence-electron chi connectivity index (χ0n) is 14.9. The van der Waals surface area contributed by atoms with Crippen LogP contribution in [0.3, 0.4) is 0 Å². The molecule has 0 unspecified atom stereocenters. The van der Waals surface area contributed by atoms with E-state index in [1.54, 1.807) is 72.8 Å². The van der Waals surface area contributed by atoms with Crippen molar-refractivity contribution in [3.63, 3.8) is 0 Å². The third-order valence-electron chi connectivity index (χ3n) is 4.32. The number of alkyl halides is 1. The van der Waals surface area contributed by atoms with Gasteiger partial charge in [-0.3, -0.25) is 0 Å². The minimum Gasteiger partial charge on any atom is -0.211 e. The molecule has 29 heavy (non-hydrogen) atoms. The van der Waals surface area contributed by atoms with Crippen LogP contribution >= 0.6 is 11.6 Å². The number of aliphatic imine (C=N–C) groups is 3. The molecule has 0 radical (unpaired) electrons. The van der Waals surface area contributed by atoms with E-state index in [-0.39, 0.29) is 0 Å². The maximum Gasteiger partial charge on any atom is 0.240 e. The Kier molecular flexibility index (Phi) is 6.06. The standard InChI is InChI=1S/C22H12ClN3O3/c23-22(16-1-7-19(8-2-16)24-13-27,17-3-9-20(10-4-17)25-14-28)18-5-11-21(12-6-18)26-15-29/h1-12H. The zero-order valence-corrected chi connectivity index (χ0v) is 15.6. The number of carbonyl (C=O) groups excluding carboxylic acids is 3. The van der Waals surface area contributed by atoms with E-state index in [0.29, 0.717) is 17.1 Å². The van der Waals surface area contributed by atoms with Crippen molar-refractivity contribution in [1.29, 1.82) is 0 Å². The number of rotatable bonds is 6. The second-order valence-corrected chi connectivity index (χ2v) is 6.48. The first kappa shape index (κ1) is 19.8. The normalized spacial score (nSPS) is 11.9. The van der Waals surface area contributed by atoms with Crippen LogP contribution in [0.15, 0.2) is 87.8 Å². The van der Waals surface area contributed by atoms with Crippen molar-refractivity contribution in [2.24, 2.45) is 15.0 Å². The third-order valence-corrected chi connectivity index (χ3v) is 4.97. The summed E-state index contributed by atoms with van der Waals surface area (Å²) in [5, 5.41) is 0. The Morgan fingerprint density at radius 1 is 0.517 bits per heavy atom. The molecule has 3 aromatic rings. The first-order chi connectivity index (χ1) is 14.1. The fraction of sp³-hybridized carbons (Fsp3) is 0.0455. The summed E-state index contributed by atoms with van der Waals surface area (Å²) in [6.45, 7) is 0. The number of halogens is 1. The molecule has 0 amide bonds. The van der Waals surface area contributed by atoms with Gasteiger partial charge in [-0.2, -0.15) is 15.0 Å². The summed E-state index contributed by atoms with van der Waals surface area (Å²) < 4.78 is 0. The summed E-state index contributed by atoms with van der Waals surface area (Å²) in [5.74, 6) is 0. The van der Waals surface area contributed by atoms with E-state index in [4.69, 9.17) is 11.6 Å². The highest BCUT2D eigenvalue weighted by molar-refractivity contribution is 6.28. The summed E-state index contributed by atoms with van der Waals surface area (Å²) in [6, 6.07) is 20.5. The molecule has 0 bridgehead atoms. The number of benzene rings is 3. The molecule has 0 aliphatic carbocycles. The Balaban J connectivity index is 2.17. The van der Waals surface area contributed by atoms with Crippen LogP contribution in [0.1, 0.15) is 16.7 Å². The molecule has 7 heteroatoms. The van der Waals surface area contributed by atoms with Crippen molar-refractivity contribution in [2.75, 3.05) is 0 Å². The smallest absolute Gasteiger partial charge is 0.211 e. The van der Waals surface area contributed by atoms with Gasteiger partial charge in [-0.05, 0) is 53.1 Å². The van der Waals surface area contributed by atoms with Crippen LogP contribution in [0.25, 0.3) is 0 Å². The van der Waals surface area contributed by atoms with Gasteiger partial charge in [0.2, 0.25) is 18.2 Å². The molecule has 0 fully saturated rings. The van der Waals surface area contributed by atoms with Crippen molar-refractivity contribution < 1.29 is 14.4 Å². The zero-order chi connectivity index (χ0) is 20.7. The number of isocyanates is 3. The molecular weight excluding hydrogens is 390 g/mol. The molecule has 140 valence electrons. The van der Waals surface area contributed by atoms with Gasteiger partial charge in [0.15, 0.2) is 0 Å². The Hall–Kier alpha value is -3.91. The molecule has 0 N–H and O–H groups in total. The summed E-state index contributed by atoms with van der Waals surface area (Å²) in [7, 11) is 0. The lowest BCUT2D eigenvalue weighted by atomic mass is 9.84. The van der Waals surface area contributed by atoms with Crippen molar-refractivity contribution in [3.8, 4) is 0 Å². The van der Waals surface area contributed by atoms with E-state index in [9.17, 15) is 14.4 Å². The molecular formula is C22H12ClN3O3.